The van der Waals surface area contributed by atoms with E-state index >= 15 is 0 Å². The lowest BCUT2D eigenvalue weighted by atomic mass is 9.92. The molecule has 0 fully saturated rings. The van der Waals surface area contributed by atoms with Crippen LogP contribution in [0.4, 0.5) is 5.69 Å². The molecule has 0 aliphatic rings. The average Bonchev–Trinajstić information content (AvgIpc) is 2.54. The Morgan fingerprint density at radius 3 is 2.48 bits per heavy atom. The van der Waals surface area contributed by atoms with Crippen LogP contribution in [0.5, 0.6) is 0 Å². The number of anilines is 1. The zero-order chi connectivity index (χ0) is 16.9. The van der Waals surface area contributed by atoms with Gasteiger partial charge < -0.3 is 15.5 Å². The van der Waals surface area contributed by atoms with E-state index in [1.165, 1.54) is 0 Å². The van der Waals surface area contributed by atoms with Crippen molar-refractivity contribution < 1.29 is 15.0 Å². The molecule has 0 bridgehead atoms. The van der Waals surface area contributed by atoms with Gasteiger partial charge in [0.05, 0.1) is 19.8 Å². The number of hydrogen-bond donors (Lipinski definition) is 3. The molecule has 23 heavy (non-hydrogen) atoms. The van der Waals surface area contributed by atoms with Gasteiger partial charge >= 0.3 is 0 Å². The van der Waals surface area contributed by atoms with Gasteiger partial charge in [-0.3, -0.25) is 9.69 Å². The normalized spacial score (nSPS) is 11.9. The average molecular weight is 316 g/mol. The topological polar surface area (TPSA) is 72.8 Å². The van der Waals surface area contributed by atoms with E-state index in [0.29, 0.717) is 6.54 Å². The van der Waals surface area contributed by atoms with Gasteiger partial charge in [-0.2, -0.15) is 0 Å². The molecule has 0 spiro atoms. The maximum atomic E-state index is 12.3. The Labute approximate surface area is 136 Å². The quantitative estimate of drug-likeness (QED) is 0.727. The molecule has 0 radical (unpaired) electrons. The van der Waals surface area contributed by atoms with Crippen molar-refractivity contribution in [2.45, 2.75) is 6.92 Å². The lowest BCUT2D eigenvalue weighted by Gasteiger charge is -2.29. The molecule has 0 unspecified atom stereocenters. The van der Waals surface area contributed by atoms with Crippen molar-refractivity contribution >= 4 is 22.4 Å². The van der Waals surface area contributed by atoms with Crippen LogP contribution in [-0.4, -0.2) is 54.4 Å². The predicted octanol–water partition coefficient (Wildman–Crippen LogP) is 1.70. The summed E-state index contributed by atoms with van der Waals surface area (Å²) in [5.41, 5.74) is 0.169. The number of likely N-dealkylation sites (N-methyl/N-ethyl adjacent to an activating group) is 1. The van der Waals surface area contributed by atoms with Crippen molar-refractivity contribution in [3.63, 3.8) is 0 Å². The molecule has 3 N–H and O–H groups in total. The van der Waals surface area contributed by atoms with Crippen LogP contribution in [0.1, 0.15) is 6.92 Å². The molecule has 0 aliphatic carbocycles. The summed E-state index contributed by atoms with van der Waals surface area (Å²) < 4.78 is 0. The minimum atomic E-state index is -0.617. The fourth-order valence-corrected chi connectivity index (χ4v) is 2.63. The van der Waals surface area contributed by atoms with Crippen molar-refractivity contribution in [3.8, 4) is 0 Å². The summed E-state index contributed by atoms with van der Waals surface area (Å²) in [6, 6.07) is 13.7. The number of nitrogens with one attached hydrogen (secondary N) is 1. The standard InChI is InChI=1S/C18H24N2O3/c1-18(12-21,13-22)11-20(2)10-17(23)19-16-9-5-7-14-6-3-4-8-15(14)16/h3-9,21-22H,10-13H2,1-2H3,(H,19,23). The fraction of sp³-hybridized carbons (Fsp3) is 0.389. The van der Waals surface area contributed by atoms with Gasteiger partial charge in [-0.1, -0.05) is 43.3 Å². The molecule has 5 heteroatoms. The zero-order valence-corrected chi connectivity index (χ0v) is 13.6. The van der Waals surface area contributed by atoms with E-state index in [1.807, 2.05) is 42.5 Å². The summed E-state index contributed by atoms with van der Waals surface area (Å²) >= 11 is 0. The molecule has 0 saturated carbocycles. The third kappa shape index (κ3) is 4.51. The number of aliphatic hydroxyl groups is 2. The Morgan fingerprint density at radius 2 is 1.78 bits per heavy atom. The van der Waals surface area contributed by atoms with Crippen LogP contribution < -0.4 is 5.32 Å². The molecule has 0 saturated heterocycles. The van der Waals surface area contributed by atoms with Crippen molar-refractivity contribution in [1.82, 2.24) is 4.90 Å². The molecule has 124 valence electrons. The Balaban J connectivity index is 2.01. The lowest BCUT2D eigenvalue weighted by Crippen LogP contribution is -2.41. The second-order valence-corrected chi connectivity index (χ2v) is 6.37. The lowest BCUT2D eigenvalue weighted by molar-refractivity contribution is -0.117. The van der Waals surface area contributed by atoms with Gasteiger partial charge in [-0.05, 0) is 18.5 Å². The maximum Gasteiger partial charge on any atom is 0.238 e. The smallest absolute Gasteiger partial charge is 0.238 e. The van der Waals surface area contributed by atoms with Gasteiger partial charge in [0.2, 0.25) is 5.91 Å². The highest BCUT2D eigenvalue weighted by molar-refractivity contribution is 6.02. The van der Waals surface area contributed by atoms with Crippen molar-refractivity contribution in [3.05, 3.63) is 42.5 Å². The number of hydrogen-bond acceptors (Lipinski definition) is 4. The first-order chi connectivity index (χ1) is 11.0. The molecule has 2 rings (SSSR count). The molecular weight excluding hydrogens is 292 g/mol. The van der Waals surface area contributed by atoms with Crippen LogP contribution in [0.2, 0.25) is 0 Å². The van der Waals surface area contributed by atoms with Crippen molar-refractivity contribution in [2.75, 3.05) is 38.7 Å². The van der Waals surface area contributed by atoms with Crippen LogP contribution in [0.15, 0.2) is 42.5 Å². The molecule has 0 aromatic heterocycles. The van der Waals surface area contributed by atoms with Crippen LogP contribution >= 0.6 is 0 Å². The molecule has 2 aromatic carbocycles. The van der Waals surface area contributed by atoms with Gasteiger partial charge in [0, 0.05) is 23.0 Å². The number of aliphatic hydroxyl groups excluding tert-OH is 2. The fourth-order valence-electron chi connectivity index (χ4n) is 2.63. The number of fused-ring (bicyclic) bond motifs is 1. The first kappa shape index (κ1) is 17.4. The van der Waals surface area contributed by atoms with E-state index < -0.39 is 5.41 Å². The van der Waals surface area contributed by atoms with E-state index in [0.717, 1.165) is 16.5 Å². The summed E-state index contributed by atoms with van der Waals surface area (Å²) in [6.45, 7) is 2.16. The highest BCUT2D eigenvalue weighted by atomic mass is 16.3. The second kappa shape index (κ2) is 7.55. The van der Waals surface area contributed by atoms with Crippen molar-refractivity contribution in [2.24, 2.45) is 5.41 Å². The Morgan fingerprint density at radius 1 is 1.13 bits per heavy atom. The number of benzene rings is 2. The first-order valence-electron chi connectivity index (χ1n) is 7.65. The van der Waals surface area contributed by atoms with E-state index in [1.54, 1.807) is 18.9 Å². The number of nitrogens with zero attached hydrogens (tertiary/aromatic N) is 1. The van der Waals surface area contributed by atoms with E-state index in [-0.39, 0.29) is 25.7 Å². The van der Waals surface area contributed by atoms with Gasteiger partial charge in [-0.25, -0.2) is 0 Å². The molecule has 2 aromatic rings. The number of carbonyl (C=O) groups excluding carboxylic acids is 1. The Kier molecular flexibility index (Phi) is 5.71. The van der Waals surface area contributed by atoms with Crippen LogP contribution in [-0.2, 0) is 4.79 Å². The zero-order valence-electron chi connectivity index (χ0n) is 13.6. The predicted molar refractivity (Wildman–Crippen MR) is 92.4 cm³/mol. The summed E-state index contributed by atoms with van der Waals surface area (Å²) in [6.07, 6.45) is 0. The molecular formula is C18H24N2O3. The van der Waals surface area contributed by atoms with E-state index in [9.17, 15) is 15.0 Å². The van der Waals surface area contributed by atoms with Crippen molar-refractivity contribution in [1.29, 1.82) is 0 Å². The first-order valence-corrected chi connectivity index (χ1v) is 7.65. The highest BCUT2D eigenvalue weighted by Crippen LogP contribution is 2.23. The molecule has 0 atom stereocenters. The van der Waals surface area contributed by atoms with Crippen LogP contribution in [0.3, 0.4) is 0 Å². The van der Waals surface area contributed by atoms with Gasteiger partial charge in [0.1, 0.15) is 0 Å². The molecule has 0 heterocycles. The largest absolute Gasteiger partial charge is 0.396 e. The molecule has 5 nitrogen and oxygen atoms in total. The summed E-state index contributed by atoms with van der Waals surface area (Å²) in [5.74, 6) is -0.123. The van der Waals surface area contributed by atoms with Gasteiger partial charge in [-0.15, -0.1) is 0 Å². The maximum absolute atomic E-state index is 12.3. The monoisotopic (exact) mass is 316 g/mol. The number of rotatable bonds is 7. The van der Waals surface area contributed by atoms with Crippen LogP contribution in [0, 0.1) is 5.41 Å². The third-order valence-corrected chi connectivity index (χ3v) is 3.89. The highest BCUT2D eigenvalue weighted by Gasteiger charge is 2.25. The second-order valence-electron chi connectivity index (χ2n) is 6.37. The minimum absolute atomic E-state index is 0.123. The van der Waals surface area contributed by atoms with Crippen LogP contribution in [0.25, 0.3) is 10.8 Å². The van der Waals surface area contributed by atoms with Gasteiger partial charge in [0.15, 0.2) is 0 Å². The van der Waals surface area contributed by atoms with E-state index in [2.05, 4.69) is 5.32 Å². The number of amides is 1. The summed E-state index contributed by atoms with van der Waals surface area (Å²) in [5, 5.41) is 23.7. The summed E-state index contributed by atoms with van der Waals surface area (Å²) in [7, 11) is 1.80. The Bertz CT molecular complexity index is 663. The minimum Gasteiger partial charge on any atom is -0.396 e. The summed E-state index contributed by atoms with van der Waals surface area (Å²) in [4.78, 5) is 14.0. The number of carbonyl (C=O) groups is 1. The Hall–Kier alpha value is -1.95. The molecule has 0 aliphatic heterocycles. The third-order valence-electron chi connectivity index (χ3n) is 3.89. The molecule has 1 amide bonds. The van der Waals surface area contributed by atoms with Gasteiger partial charge in [0.25, 0.3) is 0 Å². The SMILES string of the molecule is CN(CC(=O)Nc1cccc2ccccc12)CC(C)(CO)CO. The van der Waals surface area contributed by atoms with E-state index in [4.69, 9.17) is 0 Å².